The maximum atomic E-state index is 14.0. The minimum absolute atomic E-state index is 0.163. The molecule has 1 aliphatic heterocycles. The van der Waals surface area contributed by atoms with E-state index in [2.05, 4.69) is 5.32 Å². The molecular formula is C11H14FNO. The van der Waals surface area contributed by atoms with Crippen molar-refractivity contribution in [2.24, 2.45) is 0 Å². The van der Waals surface area contributed by atoms with E-state index in [0.717, 1.165) is 0 Å². The van der Waals surface area contributed by atoms with Crippen molar-refractivity contribution in [3.05, 3.63) is 29.8 Å². The zero-order chi connectivity index (χ0) is 10.2. The summed E-state index contributed by atoms with van der Waals surface area (Å²) in [6.07, 6.45) is 0.492. The van der Waals surface area contributed by atoms with Crippen LogP contribution >= 0.6 is 0 Å². The van der Waals surface area contributed by atoms with Gasteiger partial charge in [0, 0.05) is 5.56 Å². The average molecular weight is 195 g/mol. The number of benzene rings is 1. The Bertz CT molecular complexity index is 338. The van der Waals surface area contributed by atoms with E-state index < -0.39 is 5.67 Å². The van der Waals surface area contributed by atoms with Crippen molar-refractivity contribution in [2.75, 3.05) is 6.54 Å². The van der Waals surface area contributed by atoms with Crippen molar-refractivity contribution in [3.63, 3.8) is 0 Å². The Hall–Kier alpha value is -1.09. The second-order valence-electron chi connectivity index (χ2n) is 3.97. The fourth-order valence-electron chi connectivity index (χ4n) is 1.98. The highest BCUT2D eigenvalue weighted by atomic mass is 19.1. The highest BCUT2D eigenvalue weighted by molar-refractivity contribution is 5.36. The monoisotopic (exact) mass is 195 g/mol. The van der Waals surface area contributed by atoms with E-state index in [-0.39, 0.29) is 11.8 Å². The quantitative estimate of drug-likeness (QED) is 0.719. The lowest BCUT2D eigenvalue weighted by Crippen LogP contribution is -2.27. The number of aromatic hydroxyl groups is 1. The molecule has 1 aromatic carbocycles. The SMILES string of the molecule is CC1(F)CCNC1c1ccccc1O. The molecule has 2 nitrogen and oxygen atoms in total. The van der Waals surface area contributed by atoms with Crippen LogP contribution in [0.4, 0.5) is 4.39 Å². The predicted molar refractivity (Wildman–Crippen MR) is 53.0 cm³/mol. The van der Waals surface area contributed by atoms with Crippen LogP contribution in [0.2, 0.25) is 0 Å². The standard InChI is InChI=1S/C11H14FNO/c1-11(12)6-7-13-10(11)8-4-2-3-5-9(8)14/h2-5,10,13-14H,6-7H2,1H3. The Kier molecular flexibility index (Phi) is 2.19. The van der Waals surface area contributed by atoms with Crippen LogP contribution in [-0.2, 0) is 0 Å². The molecule has 0 saturated carbocycles. The molecule has 1 aliphatic rings. The van der Waals surface area contributed by atoms with Crippen LogP contribution < -0.4 is 5.32 Å². The van der Waals surface area contributed by atoms with Gasteiger partial charge < -0.3 is 10.4 Å². The van der Waals surface area contributed by atoms with E-state index in [4.69, 9.17) is 0 Å². The average Bonchev–Trinajstić information content (AvgIpc) is 2.46. The first-order valence-electron chi connectivity index (χ1n) is 4.81. The Morgan fingerprint density at radius 1 is 1.50 bits per heavy atom. The second kappa shape index (κ2) is 3.24. The first kappa shape index (κ1) is 9.46. The van der Waals surface area contributed by atoms with Crippen LogP contribution in [0.15, 0.2) is 24.3 Å². The second-order valence-corrected chi connectivity index (χ2v) is 3.97. The summed E-state index contributed by atoms with van der Waals surface area (Å²) in [5.41, 5.74) is -0.617. The molecule has 14 heavy (non-hydrogen) atoms. The highest BCUT2D eigenvalue weighted by Gasteiger charge is 2.40. The van der Waals surface area contributed by atoms with Crippen LogP contribution in [0.3, 0.4) is 0 Å². The third-order valence-electron chi connectivity index (χ3n) is 2.81. The maximum absolute atomic E-state index is 14.0. The largest absolute Gasteiger partial charge is 0.508 e. The number of hydrogen-bond donors (Lipinski definition) is 2. The van der Waals surface area contributed by atoms with Crippen molar-refractivity contribution in [1.82, 2.24) is 5.32 Å². The van der Waals surface area contributed by atoms with E-state index in [1.807, 2.05) is 6.07 Å². The van der Waals surface area contributed by atoms with Crippen molar-refractivity contribution in [1.29, 1.82) is 0 Å². The molecule has 0 radical (unpaired) electrons. The van der Waals surface area contributed by atoms with Gasteiger partial charge in [-0.3, -0.25) is 0 Å². The minimum atomic E-state index is -1.27. The fourth-order valence-corrected chi connectivity index (χ4v) is 1.98. The molecule has 1 fully saturated rings. The third-order valence-corrected chi connectivity index (χ3v) is 2.81. The van der Waals surface area contributed by atoms with Gasteiger partial charge in [0.15, 0.2) is 0 Å². The summed E-state index contributed by atoms with van der Waals surface area (Å²) < 4.78 is 14.0. The third kappa shape index (κ3) is 1.48. The van der Waals surface area contributed by atoms with Gasteiger partial charge in [-0.1, -0.05) is 18.2 Å². The van der Waals surface area contributed by atoms with E-state index in [0.29, 0.717) is 18.5 Å². The molecule has 2 N–H and O–H groups in total. The molecule has 3 heteroatoms. The molecule has 2 rings (SSSR count). The highest BCUT2D eigenvalue weighted by Crippen LogP contribution is 2.39. The number of phenolic OH excluding ortho intramolecular Hbond substituents is 1. The predicted octanol–water partition coefficient (Wildman–Crippen LogP) is 2.15. The van der Waals surface area contributed by atoms with Gasteiger partial charge in [0.25, 0.3) is 0 Å². The molecule has 2 atom stereocenters. The van der Waals surface area contributed by atoms with Crippen molar-refractivity contribution in [3.8, 4) is 5.75 Å². The van der Waals surface area contributed by atoms with Crippen LogP contribution in [0.1, 0.15) is 24.9 Å². The molecule has 0 spiro atoms. The lowest BCUT2D eigenvalue weighted by atomic mass is 9.92. The zero-order valence-electron chi connectivity index (χ0n) is 8.13. The molecule has 0 bridgehead atoms. The summed E-state index contributed by atoms with van der Waals surface area (Å²) in [6.45, 7) is 2.23. The van der Waals surface area contributed by atoms with Gasteiger partial charge in [-0.25, -0.2) is 4.39 Å². The Morgan fingerprint density at radius 2 is 2.21 bits per heavy atom. The van der Waals surface area contributed by atoms with Gasteiger partial charge in [-0.15, -0.1) is 0 Å². The molecule has 1 aromatic rings. The number of alkyl halides is 1. The van der Waals surface area contributed by atoms with Crippen molar-refractivity contribution < 1.29 is 9.50 Å². The van der Waals surface area contributed by atoms with Gasteiger partial charge >= 0.3 is 0 Å². The maximum Gasteiger partial charge on any atom is 0.129 e. The van der Waals surface area contributed by atoms with E-state index in [1.54, 1.807) is 25.1 Å². The van der Waals surface area contributed by atoms with Crippen LogP contribution in [0.25, 0.3) is 0 Å². The van der Waals surface area contributed by atoms with Gasteiger partial charge in [-0.05, 0) is 26.0 Å². The molecule has 1 heterocycles. The van der Waals surface area contributed by atoms with E-state index in [1.165, 1.54) is 0 Å². The molecule has 1 saturated heterocycles. The summed E-state index contributed by atoms with van der Waals surface area (Å²) in [5.74, 6) is 0.163. The van der Waals surface area contributed by atoms with E-state index >= 15 is 0 Å². The number of nitrogens with one attached hydrogen (secondary N) is 1. The first-order valence-corrected chi connectivity index (χ1v) is 4.81. The Labute approximate surface area is 82.8 Å². The van der Waals surface area contributed by atoms with Gasteiger partial charge in [0.2, 0.25) is 0 Å². The lowest BCUT2D eigenvalue weighted by Gasteiger charge is -2.23. The summed E-state index contributed by atoms with van der Waals surface area (Å²) in [7, 11) is 0. The molecule has 76 valence electrons. The summed E-state index contributed by atoms with van der Waals surface area (Å²) in [6, 6.07) is 6.51. The minimum Gasteiger partial charge on any atom is -0.508 e. The number of para-hydroxylation sites is 1. The smallest absolute Gasteiger partial charge is 0.129 e. The van der Waals surface area contributed by atoms with Crippen molar-refractivity contribution in [2.45, 2.75) is 25.1 Å². The summed E-state index contributed by atoms with van der Waals surface area (Å²) in [4.78, 5) is 0. The molecule has 0 amide bonds. The number of hydrogen-bond acceptors (Lipinski definition) is 2. The zero-order valence-corrected chi connectivity index (χ0v) is 8.13. The normalized spacial score (nSPS) is 32.0. The number of rotatable bonds is 1. The molecule has 2 unspecified atom stereocenters. The van der Waals surface area contributed by atoms with Crippen LogP contribution in [0, 0.1) is 0 Å². The molecular weight excluding hydrogens is 181 g/mol. The lowest BCUT2D eigenvalue weighted by molar-refractivity contribution is 0.166. The van der Waals surface area contributed by atoms with Crippen LogP contribution in [0.5, 0.6) is 5.75 Å². The molecule has 0 aliphatic carbocycles. The topological polar surface area (TPSA) is 32.3 Å². The Morgan fingerprint density at radius 3 is 2.79 bits per heavy atom. The van der Waals surface area contributed by atoms with E-state index in [9.17, 15) is 9.50 Å². The summed E-state index contributed by atoms with van der Waals surface area (Å²) >= 11 is 0. The number of halogens is 1. The fraction of sp³-hybridized carbons (Fsp3) is 0.455. The van der Waals surface area contributed by atoms with Gasteiger partial charge in [-0.2, -0.15) is 0 Å². The Balaban J connectivity index is 2.36. The van der Waals surface area contributed by atoms with Crippen LogP contribution in [-0.4, -0.2) is 17.3 Å². The molecule has 0 aromatic heterocycles. The number of phenols is 1. The van der Waals surface area contributed by atoms with Crippen molar-refractivity contribution >= 4 is 0 Å². The van der Waals surface area contributed by atoms with Gasteiger partial charge in [0.1, 0.15) is 11.4 Å². The van der Waals surface area contributed by atoms with Gasteiger partial charge in [0.05, 0.1) is 6.04 Å². The summed E-state index contributed by atoms with van der Waals surface area (Å²) in [5, 5.41) is 12.7. The first-order chi connectivity index (χ1) is 6.61.